The number of hydrogen-bond donors (Lipinski definition) is 7. The van der Waals surface area contributed by atoms with Gasteiger partial charge in [-0.15, -0.1) is 0 Å². The molecule has 0 aromatic heterocycles. The zero-order valence-electron chi connectivity index (χ0n) is 45.8. The number of aromatic carboxylic acids is 1. The predicted octanol–water partition coefficient (Wildman–Crippen LogP) is 6.74. The van der Waals surface area contributed by atoms with E-state index in [9.17, 15) is 53.5 Å². The number of ether oxygens (including phenoxy) is 5. The molecule has 25 nitrogen and oxygen atoms in total. The number of nitrogens with zero attached hydrogens (tertiary/aromatic N) is 3. The summed E-state index contributed by atoms with van der Waals surface area (Å²) in [5.41, 5.74) is 3.89. The number of phenols is 1. The van der Waals surface area contributed by atoms with Gasteiger partial charge >= 0.3 is 19.8 Å². The molecular weight excluding hydrogens is 1100 g/mol. The molecule has 444 valence electrons. The van der Waals surface area contributed by atoms with E-state index in [1.54, 1.807) is 36.4 Å². The fourth-order valence-corrected chi connectivity index (χ4v) is 8.57. The first-order valence-electron chi connectivity index (χ1n) is 26.5. The number of fused-ring (bicyclic) bond motifs is 2. The molecule has 1 aliphatic carbocycles. The van der Waals surface area contributed by atoms with Crippen LogP contribution in [0.3, 0.4) is 0 Å². The minimum atomic E-state index is -4.66. The summed E-state index contributed by atoms with van der Waals surface area (Å²) in [7, 11) is -0.756. The molecule has 0 bridgehead atoms. The Morgan fingerprint density at radius 1 is 0.639 bits per heavy atom. The van der Waals surface area contributed by atoms with E-state index in [0.717, 1.165) is 5.69 Å². The van der Waals surface area contributed by atoms with Crippen LogP contribution in [0.15, 0.2) is 123 Å². The van der Waals surface area contributed by atoms with Crippen molar-refractivity contribution in [2.75, 3.05) is 105 Å². The number of phenolic OH excluding ortho intramolecular Hbond substituents is 1. The number of anilines is 1. The number of nitrogens with one attached hydrogen (secondary N) is 3. The number of carbonyl (C=O) groups excluding carboxylic acids is 4. The number of azo groups is 1. The third-order valence-corrected chi connectivity index (χ3v) is 13.0. The van der Waals surface area contributed by atoms with Crippen LogP contribution in [0, 0.1) is 0 Å². The largest absolute Gasteiger partial charge is 0.508 e. The maximum atomic E-state index is 13.0. The number of phosphoric acid groups is 1. The molecule has 0 fully saturated rings. The van der Waals surface area contributed by atoms with Gasteiger partial charge in [0.25, 0.3) is 11.8 Å². The normalized spacial score (nSPS) is 12.5. The molecule has 2 atom stereocenters. The monoisotopic (exact) mass is 1170 g/mol. The van der Waals surface area contributed by atoms with Gasteiger partial charge in [0.15, 0.2) is 5.43 Å². The Labute approximate surface area is 477 Å². The number of unbranched alkanes of at least 4 members (excludes halogenated alkanes) is 2. The number of benzene rings is 5. The average Bonchev–Trinajstić information content (AvgIpc) is 1.96. The van der Waals surface area contributed by atoms with E-state index in [0.29, 0.717) is 59.3 Å². The molecule has 2 aliphatic rings. The third kappa shape index (κ3) is 21.7. The van der Waals surface area contributed by atoms with Crippen molar-refractivity contribution in [3.8, 4) is 28.2 Å². The molecule has 6 rings (SSSR count). The fraction of sp³-hybridized carbons (Fsp3) is 0.368. The second-order valence-electron chi connectivity index (χ2n) is 18.5. The third-order valence-electron chi connectivity index (χ3n) is 12.0. The molecule has 4 aromatic carbocycles. The van der Waals surface area contributed by atoms with Gasteiger partial charge in [-0.25, -0.2) is 9.36 Å². The van der Waals surface area contributed by atoms with Crippen molar-refractivity contribution in [1.29, 1.82) is 0 Å². The summed E-state index contributed by atoms with van der Waals surface area (Å²) in [6.07, 6.45) is -0.335. The van der Waals surface area contributed by atoms with Crippen LogP contribution in [0.4, 0.5) is 17.1 Å². The predicted molar refractivity (Wildman–Crippen MR) is 302 cm³/mol. The molecule has 7 N–H and O–H groups in total. The van der Waals surface area contributed by atoms with Crippen LogP contribution in [0.5, 0.6) is 5.75 Å². The van der Waals surface area contributed by atoms with Crippen molar-refractivity contribution in [2.45, 2.75) is 38.4 Å². The van der Waals surface area contributed by atoms with Gasteiger partial charge in [0.1, 0.15) is 23.7 Å². The molecule has 1 aliphatic heterocycles. The fourth-order valence-electron chi connectivity index (χ4n) is 7.86. The van der Waals surface area contributed by atoms with Crippen LogP contribution in [0.25, 0.3) is 33.4 Å². The molecule has 0 saturated carbocycles. The van der Waals surface area contributed by atoms with Gasteiger partial charge in [0.2, 0.25) is 12.2 Å². The molecule has 1 unspecified atom stereocenters. The standard InChI is InChI=1S/C57H67N6O19P/c1-63(2)42-14-12-41(13-15-42)62-61-40-10-7-38(8-11-40)55(69)59-22-5-3-4-6-52(67)82-53(68)37-80-83(73,74)79-27-24-58-51(66)21-25-75-28-30-77-32-33-78-31-29-76-26-23-60-56(70)39-9-18-45(48(34-39)57(71)72)54-46-19-16-43(64)35-49(46)81-50-36-44(65)17-20-47(50)54/h7-20,34-36,53,64,68H,3-6,21-33,37H2,1-2H3,(H,58,66)(H,59,69)(H,60,70)(H,71,72)(H,73,74)/t53-/m0/s1. The molecule has 26 heteroatoms. The van der Waals surface area contributed by atoms with Gasteiger partial charge in [-0.1, -0.05) is 12.5 Å². The summed E-state index contributed by atoms with van der Waals surface area (Å²) in [4.78, 5) is 86.3. The lowest BCUT2D eigenvalue weighted by Gasteiger charge is -2.17. The molecular formula is C57H67N6O19P. The Morgan fingerprint density at radius 3 is 1.92 bits per heavy atom. The van der Waals surface area contributed by atoms with E-state index in [1.807, 2.05) is 43.3 Å². The first-order chi connectivity index (χ1) is 40.0. The summed E-state index contributed by atoms with van der Waals surface area (Å²) in [5.74, 6) is -3.10. The van der Waals surface area contributed by atoms with Crippen molar-refractivity contribution >= 4 is 65.5 Å². The number of carboxylic acid groups (broad SMARTS) is 1. The topological polar surface area (TPSA) is 342 Å². The van der Waals surface area contributed by atoms with Crippen molar-refractivity contribution in [3.05, 3.63) is 130 Å². The Kier molecular flexibility index (Phi) is 25.7. The van der Waals surface area contributed by atoms with E-state index < -0.39 is 51.1 Å². The Balaban J connectivity index is 0.709. The number of phosphoric ester groups is 1. The summed E-state index contributed by atoms with van der Waals surface area (Å²) in [6, 6.07) is 27.1. The summed E-state index contributed by atoms with van der Waals surface area (Å²) in [5, 5.41) is 47.2. The van der Waals surface area contributed by atoms with Gasteiger partial charge in [-0.2, -0.15) is 10.2 Å². The minimum absolute atomic E-state index is 0.00594. The SMILES string of the molecule is CN(C)c1ccc(N=Nc2ccc(C(=O)NCCCCCC(=O)O[C@H](O)COP(=O)(O)OCCNC(=O)CCOCCOCCOCCOCCNC(=O)c3ccc(-c4c5ccc(=O)cc-5oc5cc(O)ccc45)c(C(=O)O)c3)cc2)cc1. The molecule has 0 radical (unpaired) electrons. The van der Waals surface area contributed by atoms with Gasteiger partial charge in [0.05, 0.1) is 76.4 Å². The number of esters is 1. The summed E-state index contributed by atoms with van der Waals surface area (Å²) >= 11 is 0. The first kappa shape index (κ1) is 64.2. The van der Waals surface area contributed by atoms with E-state index in [2.05, 4.69) is 26.2 Å². The van der Waals surface area contributed by atoms with Gasteiger partial charge in [-0.3, -0.25) is 33.0 Å². The lowest BCUT2D eigenvalue weighted by Crippen LogP contribution is -2.28. The number of carboxylic acids is 1. The average molecular weight is 1170 g/mol. The number of aromatic hydroxyl groups is 1. The molecule has 1 heterocycles. The number of aliphatic hydroxyl groups is 1. The van der Waals surface area contributed by atoms with Crippen molar-refractivity contribution in [3.63, 3.8) is 0 Å². The van der Waals surface area contributed by atoms with E-state index in [4.69, 9.17) is 37.1 Å². The molecule has 0 spiro atoms. The number of carbonyl (C=O) groups is 5. The van der Waals surface area contributed by atoms with Crippen LogP contribution in [-0.4, -0.2) is 156 Å². The maximum absolute atomic E-state index is 13.0. The molecule has 0 saturated heterocycles. The highest BCUT2D eigenvalue weighted by atomic mass is 31.2. The lowest BCUT2D eigenvalue weighted by molar-refractivity contribution is -0.173. The number of rotatable bonds is 36. The lowest BCUT2D eigenvalue weighted by atomic mass is 9.90. The maximum Gasteiger partial charge on any atom is 0.472 e. The van der Waals surface area contributed by atoms with E-state index in [1.165, 1.54) is 42.5 Å². The van der Waals surface area contributed by atoms with Crippen LogP contribution >= 0.6 is 7.82 Å². The van der Waals surface area contributed by atoms with E-state index in [-0.39, 0.29) is 124 Å². The molecule has 3 amide bonds. The van der Waals surface area contributed by atoms with Crippen LogP contribution in [0.1, 0.15) is 63.2 Å². The zero-order chi connectivity index (χ0) is 59.6. The summed E-state index contributed by atoms with van der Waals surface area (Å²) in [6.45, 7) is 0.843. The van der Waals surface area contributed by atoms with Gasteiger partial charge in [-0.05, 0) is 103 Å². The highest BCUT2D eigenvalue weighted by Gasteiger charge is 2.25. The second kappa shape index (κ2) is 33.2. The summed E-state index contributed by atoms with van der Waals surface area (Å²) < 4.78 is 54.2. The van der Waals surface area contributed by atoms with Crippen LogP contribution in [0.2, 0.25) is 0 Å². The first-order valence-corrected chi connectivity index (χ1v) is 28.0. The zero-order valence-corrected chi connectivity index (χ0v) is 46.7. The quantitative estimate of drug-likeness (QED) is 0.00535. The number of hydrogen-bond acceptors (Lipinski definition) is 20. The van der Waals surface area contributed by atoms with Crippen molar-refractivity contribution in [1.82, 2.24) is 16.0 Å². The van der Waals surface area contributed by atoms with Gasteiger partial charge < -0.3 is 69.2 Å². The Morgan fingerprint density at radius 2 is 1.24 bits per heavy atom. The van der Waals surface area contributed by atoms with Crippen LogP contribution in [-0.2, 0) is 46.9 Å². The molecule has 4 aromatic rings. The van der Waals surface area contributed by atoms with Gasteiger partial charge in [0, 0.05) is 92.0 Å². The van der Waals surface area contributed by atoms with E-state index >= 15 is 0 Å². The number of aliphatic hydroxyl groups excluding tert-OH is 1. The number of amides is 3. The van der Waals surface area contributed by atoms with Crippen molar-refractivity contribution < 1.29 is 85.9 Å². The Hall–Kier alpha value is -7.97. The van der Waals surface area contributed by atoms with Crippen molar-refractivity contribution in [2.24, 2.45) is 10.2 Å². The second-order valence-corrected chi connectivity index (χ2v) is 19.9. The highest BCUT2D eigenvalue weighted by molar-refractivity contribution is 7.47. The highest BCUT2D eigenvalue weighted by Crippen LogP contribution is 2.44. The Bertz CT molecular complexity index is 3210. The molecule has 83 heavy (non-hydrogen) atoms. The minimum Gasteiger partial charge on any atom is -0.508 e. The van der Waals surface area contributed by atoms with Crippen LogP contribution < -0.4 is 26.3 Å². The smallest absolute Gasteiger partial charge is 0.472 e.